The molecule has 5 heteroatoms. The van der Waals surface area contributed by atoms with Gasteiger partial charge in [-0.1, -0.05) is 36.4 Å². The molecule has 0 bridgehead atoms. The average Bonchev–Trinajstić information content (AvgIpc) is 2.69. The van der Waals surface area contributed by atoms with Crippen LogP contribution in [-0.2, 0) is 6.54 Å². The summed E-state index contributed by atoms with van der Waals surface area (Å²) in [5, 5.41) is 4.27. The largest absolute Gasteiger partial charge is 0.457 e. The van der Waals surface area contributed by atoms with Gasteiger partial charge < -0.3 is 10.1 Å². The maximum absolute atomic E-state index is 6.13. The third-order valence-corrected chi connectivity index (χ3v) is 4.14. The summed E-state index contributed by atoms with van der Waals surface area (Å²) in [6.45, 7) is 2.62. The van der Waals surface area contributed by atoms with Gasteiger partial charge in [0.25, 0.3) is 0 Å². The maximum atomic E-state index is 6.13. The number of benzene rings is 2. The fourth-order valence-corrected chi connectivity index (χ4v) is 2.75. The SMILES string of the molecule is Cc1ccccc1Oc1ccccc1CNc1ncnc2ncccc12. The average molecular weight is 342 g/mol. The van der Waals surface area contributed by atoms with Crippen LogP contribution in [0.1, 0.15) is 11.1 Å². The van der Waals surface area contributed by atoms with Gasteiger partial charge in [-0.25, -0.2) is 15.0 Å². The Morgan fingerprint density at radius 1 is 0.846 bits per heavy atom. The van der Waals surface area contributed by atoms with Crippen molar-refractivity contribution in [1.82, 2.24) is 15.0 Å². The van der Waals surface area contributed by atoms with Gasteiger partial charge >= 0.3 is 0 Å². The van der Waals surface area contributed by atoms with E-state index in [4.69, 9.17) is 4.74 Å². The molecule has 2 aromatic heterocycles. The highest BCUT2D eigenvalue weighted by molar-refractivity contribution is 5.85. The highest BCUT2D eigenvalue weighted by Crippen LogP contribution is 2.28. The first-order chi connectivity index (χ1) is 12.8. The minimum atomic E-state index is 0.586. The van der Waals surface area contributed by atoms with Crippen LogP contribution in [0, 0.1) is 6.92 Å². The summed E-state index contributed by atoms with van der Waals surface area (Å²) in [5.41, 5.74) is 2.82. The lowest BCUT2D eigenvalue weighted by Crippen LogP contribution is -2.04. The van der Waals surface area contributed by atoms with E-state index in [1.807, 2.05) is 67.6 Å². The summed E-state index contributed by atoms with van der Waals surface area (Å²) in [6, 6.07) is 19.8. The zero-order valence-corrected chi connectivity index (χ0v) is 14.4. The summed E-state index contributed by atoms with van der Waals surface area (Å²) in [5.74, 6) is 2.44. The van der Waals surface area contributed by atoms with Gasteiger partial charge in [0.1, 0.15) is 23.6 Å². The predicted octanol–water partition coefficient (Wildman–Crippen LogP) is 4.74. The van der Waals surface area contributed by atoms with E-state index < -0.39 is 0 Å². The van der Waals surface area contributed by atoms with E-state index in [0.29, 0.717) is 12.2 Å². The number of pyridine rings is 1. The standard InChI is InChI=1S/C21H18N4O/c1-15-7-2-4-10-18(15)26-19-11-5-3-8-16(19)13-23-21-17-9-6-12-22-20(17)24-14-25-21/h2-12,14H,13H2,1H3,(H,22,23,24,25). The van der Waals surface area contributed by atoms with Crippen molar-refractivity contribution < 1.29 is 4.74 Å². The minimum absolute atomic E-state index is 0.586. The highest BCUT2D eigenvalue weighted by atomic mass is 16.5. The van der Waals surface area contributed by atoms with Crippen molar-refractivity contribution in [2.24, 2.45) is 0 Å². The van der Waals surface area contributed by atoms with Crippen LogP contribution in [0.15, 0.2) is 73.2 Å². The molecule has 0 aliphatic rings. The number of nitrogens with one attached hydrogen (secondary N) is 1. The van der Waals surface area contributed by atoms with Crippen molar-refractivity contribution in [2.75, 3.05) is 5.32 Å². The van der Waals surface area contributed by atoms with E-state index in [1.165, 1.54) is 6.33 Å². The number of anilines is 1. The number of nitrogens with zero attached hydrogens (tertiary/aromatic N) is 3. The molecule has 0 unspecified atom stereocenters. The molecule has 0 atom stereocenters. The Balaban J connectivity index is 1.58. The lowest BCUT2D eigenvalue weighted by molar-refractivity contribution is 0.473. The first-order valence-corrected chi connectivity index (χ1v) is 8.42. The number of hydrogen-bond acceptors (Lipinski definition) is 5. The molecule has 0 saturated carbocycles. The smallest absolute Gasteiger partial charge is 0.164 e. The Morgan fingerprint density at radius 3 is 2.54 bits per heavy atom. The van der Waals surface area contributed by atoms with Crippen molar-refractivity contribution in [1.29, 1.82) is 0 Å². The van der Waals surface area contributed by atoms with E-state index in [2.05, 4.69) is 20.3 Å². The molecular formula is C21H18N4O. The first-order valence-electron chi connectivity index (χ1n) is 8.42. The third kappa shape index (κ3) is 3.32. The Morgan fingerprint density at radius 2 is 1.65 bits per heavy atom. The zero-order valence-electron chi connectivity index (χ0n) is 14.4. The van der Waals surface area contributed by atoms with Crippen LogP contribution in [0.25, 0.3) is 11.0 Å². The van der Waals surface area contributed by atoms with Crippen molar-refractivity contribution in [3.8, 4) is 11.5 Å². The Labute approximate surface area is 151 Å². The van der Waals surface area contributed by atoms with E-state index >= 15 is 0 Å². The summed E-state index contributed by atoms with van der Waals surface area (Å²) >= 11 is 0. The molecule has 0 amide bonds. The lowest BCUT2D eigenvalue weighted by atomic mass is 10.2. The van der Waals surface area contributed by atoms with Crippen molar-refractivity contribution >= 4 is 16.9 Å². The van der Waals surface area contributed by atoms with Crippen molar-refractivity contribution in [3.63, 3.8) is 0 Å². The topological polar surface area (TPSA) is 59.9 Å². The lowest BCUT2D eigenvalue weighted by Gasteiger charge is -2.14. The second kappa shape index (κ2) is 7.19. The first kappa shape index (κ1) is 16.0. The summed E-state index contributed by atoms with van der Waals surface area (Å²) in [4.78, 5) is 12.8. The van der Waals surface area contributed by atoms with Gasteiger partial charge in [0.05, 0.1) is 5.39 Å². The Bertz CT molecular complexity index is 1040. The van der Waals surface area contributed by atoms with Crippen LogP contribution in [0.2, 0.25) is 0 Å². The predicted molar refractivity (Wildman–Crippen MR) is 102 cm³/mol. The molecule has 1 N–H and O–H groups in total. The van der Waals surface area contributed by atoms with E-state index in [0.717, 1.165) is 33.8 Å². The molecule has 0 aliphatic heterocycles. The van der Waals surface area contributed by atoms with Crippen LogP contribution in [0.5, 0.6) is 11.5 Å². The fourth-order valence-electron chi connectivity index (χ4n) is 2.75. The molecule has 4 aromatic rings. The molecule has 26 heavy (non-hydrogen) atoms. The van der Waals surface area contributed by atoms with E-state index in [-0.39, 0.29) is 0 Å². The van der Waals surface area contributed by atoms with Crippen LogP contribution in [-0.4, -0.2) is 15.0 Å². The molecule has 4 rings (SSSR count). The number of hydrogen-bond donors (Lipinski definition) is 1. The van der Waals surface area contributed by atoms with E-state index in [1.54, 1.807) is 6.20 Å². The maximum Gasteiger partial charge on any atom is 0.164 e. The minimum Gasteiger partial charge on any atom is -0.457 e. The monoisotopic (exact) mass is 342 g/mol. The van der Waals surface area contributed by atoms with Crippen LogP contribution in [0.4, 0.5) is 5.82 Å². The Hall–Kier alpha value is -3.47. The number of rotatable bonds is 5. The Kier molecular flexibility index (Phi) is 4.43. The molecule has 128 valence electrons. The van der Waals surface area contributed by atoms with Gasteiger partial charge in [-0.3, -0.25) is 0 Å². The second-order valence-corrected chi connectivity index (χ2v) is 5.93. The zero-order chi connectivity index (χ0) is 17.8. The number of aryl methyl sites for hydroxylation is 1. The van der Waals surface area contributed by atoms with Crippen LogP contribution in [0.3, 0.4) is 0 Å². The molecule has 0 spiro atoms. The number of para-hydroxylation sites is 2. The molecule has 0 fully saturated rings. The second-order valence-electron chi connectivity index (χ2n) is 5.93. The molecule has 0 saturated heterocycles. The molecule has 5 nitrogen and oxygen atoms in total. The van der Waals surface area contributed by atoms with Crippen molar-refractivity contribution in [2.45, 2.75) is 13.5 Å². The normalized spacial score (nSPS) is 10.7. The summed E-state index contributed by atoms with van der Waals surface area (Å²) < 4.78 is 6.13. The molecule has 0 aliphatic carbocycles. The van der Waals surface area contributed by atoms with Crippen molar-refractivity contribution in [3.05, 3.63) is 84.3 Å². The number of ether oxygens (including phenoxy) is 1. The van der Waals surface area contributed by atoms with Gasteiger partial charge in [-0.2, -0.15) is 0 Å². The number of fused-ring (bicyclic) bond motifs is 1. The molecule has 2 aromatic carbocycles. The quantitative estimate of drug-likeness (QED) is 0.568. The van der Waals surface area contributed by atoms with Gasteiger partial charge in [0.2, 0.25) is 0 Å². The molecule has 2 heterocycles. The fraction of sp³-hybridized carbons (Fsp3) is 0.0952. The highest BCUT2D eigenvalue weighted by Gasteiger charge is 2.08. The van der Waals surface area contributed by atoms with E-state index in [9.17, 15) is 0 Å². The molecular weight excluding hydrogens is 324 g/mol. The number of aromatic nitrogens is 3. The molecule has 0 radical (unpaired) electrons. The summed E-state index contributed by atoms with van der Waals surface area (Å²) in [6.07, 6.45) is 3.25. The summed E-state index contributed by atoms with van der Waals surface area (Å²) in [7, 11) is 0. The van der Waals surface area contributed by atoms with Gasteiger partial charge in [-0.05, 0) is 36.8 Å². The van der Waals surface area contributed by atoms with Gasteiger partial charge in [-0.15, -0.1) is 0 Å². The van der Waals surface area contributed by atoms with Crippen LogP contribution >= 0.6 is 0 Å². The van der Waals surface area contributed by atoms with Crippen LogP contribution < -0.4 is 10.1 Å². The third-order valence-electron chi connectivity index (χ3n) is 4.14. The van der Waals surface area contributed by atoms with Gasteiger partial charge in [0.15, 0.2) is 5.65 Å². The van der Waals surface area contributed by atoms with Gasteiger partial charge in [0, 0.05) is 18.3 Å².